The summed E-state index contributed by atoms with van der Waals surface area (Å²) in [7, 11) is 0. The van der Waals surface area contributed by atoms with Crippen LogP contribution in [0.2, 0.25) is 10.0 Å². The maximum absolute atomic E-state index is 13.8. The first-order valence-electron chi connectivity index (χ1n) is 12.7. The van der Waals surface area contributed by atoms with Crippen molar-refractivity contribution in [1.29, 1.82) is 0 Å². The highest BCUT2D eigenvalue weighted by atomic mass is 35.5. The van der Waals surface area contributed by atoms with Gasteiger partial charge < -0.3 is 24.5 Å². The summed E-state index contributed by atoms with van der Waals surface area (Å²) in [4.78, 5) is 44.9. The second-order valence-electron chi connectivity index (χ2n) is 9.05. The van der Waals surface area contributed by atoms with Crippen molar-refractivity contribution < 1.29 is 27.5 Å². The molecule has 1 atom stereocenters. The number of likely N-dealkylation sites (N-methyl/N-ethyl adjacent to an activating group) is 1. The summed E-state index contributed by atoms with van der Waals surface area (Å²) in [5.41, 5.74) is 6.32. The minimum atomic E-state index is -5.34. The van der Waals surface area contributed by atoms with Crippen LogP contribution in [0.4, 0.5) is 13.2 Å². The van der Waals surface area contributed by atoms with Gasteiger partial charge >= 0.3 is 12.1 Å². The van der Waals surface area contributed by atoms with Gasteiger partial charge in [-0.15, -0.1) is 0 Å². The van der Waals surface area contributed by atoms with Crippen LogP contribution in [0.25, 0.3) is 33.2 Å². The summed E-state index contributed by atoms with van der Waals surface area (Å²) < 4.78 is 47.1. The van der Waals surface area contributed by atoms with Crippen LogP contribution in [-0.4, -0.2) is 56.7 Å². The van der Waals surface area contributed by atoms with Gasteiger partial charge in [0, 0.05) is 36.8 Å². The molecule has 1 amide bonds. The first kappa shape index (κ1) is 30.4. The van der Waals surface area contributed by atoms with E-state index in [9.17, 15) is 27.6 Å². The number of carbonyl (C=O) groups excluding carboxylic acids is 2. The monoisotopic (exact) mass is 611 g/mol. The molecule has 2 N–H and O–H groups in total. The van der Waals surface area contributed by atoms with Gasteiger partial charge in [0.1, 0.15) is 5.69 Å². The van der Waals surface area contributed by atoms with Crippen LogP contribution >= 0.6 is 23.2 Å². The van der Waals surface area contributed by atoms with Crippen LogP contribution in [0, 0.1) is 0 Å². The summed E-state index contributed by atoms with van der Waals surface area (Å²) in [6, 6.07) is 9.43. The molecule has 14 heteroatoms. The number of benzene rings is 2. The van der Waals surface area contributed by atoms with E-state index in [0.29, 0.717) is 29.4 Å². The lowest BCUT2D eigenvalue weighted by Gasteiger charge is -2.26. The minimum Gasteiger partial charge on any atom is -0.425 e. The lowest BCUT2D eigenvalue weighted by atomic mass is 10.1. The van der Waals surface area contributed by atoms with Crippen LogP contribution in [0.5, 0.6) is 0 Å². The van der Waals surface area contributed by atoms with Crippen LogP contribution in [0.3, 0.4) is 0 Å². The Morgan fingerprint density at radius 3 is 2.39 bits per heavy atom. The van der Waals surface area contributed by atoms with E-state index in [1.54, 1.807) is 32.0 Å². The van der Waals surface area contributed by atoms with E-state index in [4.69, 9.17) is 33.7 Å². The number of hydrogen-bond donors (Lipinski definition) is 1. The van der Waals surface area contributed by atoms with Gasteiger partial charge in [-0.05, 0) is 45.0 Å². The third-order valence-corrected chi connectivity index (χ3v) is 7.28. The fourth-order valence-corrected chi connectivity index (χ4v) is 4.87. The number of aryl methyl sites for hydroxylation is 1. The number of nitrogens with two attached hydrogens (primary N) is 1. The molecule has 0 saturated carbocycles. The number of rotatable bonds is 9. The van der Waals surface area contributed by atoms with Gasteiger partial charge in [-0.25, -0.2) is 9.78 Å². The Bertz CT molecular complexity index is 1680. The average Bonchev–Trinajstić information content (AvgIpc) is 3.31. The molecule has 0 aliphatic carbocycles. The number of nitrogens with zero attached hydrogens (tertiary/aromatic N) is 4. The van der Waals surface area contributed by atoms with Crippen LogP contribution in [-0.2, 0) is 20.9 Å². The number of alkyl halides is 3. The van der Waals surface area contributed by atoms with Gasteiger partial charge in [0.05, 0.1) is 26.6 Å². The zero-order chi connectivity index (χ0) is 30.1. The Labute approximate surface area is 242 Å². The van der Waals surface area contributed by atoms with Crippen molar-refractivity contribution in [1.82, 2.24) is 19.0 Å². The van der Waals surface area contributed by atoms with Crippen molar-refractivity contribution in [3.8, 4) is 11.3 Å². The fourth-order valence-electron chi connectivity index (χ4n) is 4.56. The molecule has 0 fully saturated rings. The van der Waals surface area contributed by atoms with Crippen molar-refractivity contribution in [2.24, 2.45) is 5.73 Å². The quantitative estimate of drug-likeness (QED) is 0.262. The molecule has 4 aromatic rings. The summed E-state index contributed by atoms with van der Waals surface area (Å²) in [5, 5.41) is 0.811. The van der Waals surface area contributed by atoms with Crippen LogP contribution in [0.15, 0.2) is 47.4 Å². The first-order chi connectivity index (χ1) is 19.4. The van der Waals surface area contributed by atoms with Crippen molar-refractivity contribution in [3.63, 3.8) is 0 Å². The predicted molar refractivity (Wildman–Crippen MR) is 150 cm³/mol. The standard InChI is InChI=1S/C27H26Cl2F3N5O4/c1-3-35(4-2)24(39)25(41-26(40)27(30,31)32)37-14-16(15-8-5-6-9-20(15)37)22-23(38)36(11-7-10-33)21-13-18(29)17(28)12-19(21)34-22/h5-6,8-9,12-14,25H,3-4,7,10-11,33H2,1-2H3. The van der Waals surface area contributed by atoms with Gasteiger partial charge in [0.15, 0.2) is 0 Å². The lowest BCUT2D eigenvalue weighted by molar-refractivity contribution is -0.210. The molecule has 2 heterocycles. The third kappa shape index (κ3) is 5.90. The van der Waals surface area contributed by atoms with Gasteiger partial charge in [-0.2, -0.15) is 13.2 Å². The number of esters is 1. The number of carbonyl (C=O) groups is 2. The van der Waals surface area contributed by atoms with Crippen LogP contribution in [0.1, 0.15) is 26.5 Å². The van der Waals surface area contributed by atoms with E-state index >= 15 is 0 Å². The molecular formula is C27H26Cl2F3N5O4. The van der Waals surface area contributed by atoms with Gasteiger partial charge in [-0.3, -0.25) is 9.59 Å². The molecule has 4 rings (SSSR count). The van der Waals surface area contributed by atoms with E-state index in [1.807, 2.05) is 0 Å². The smallest absolute Gasteiger partial charge is 0.425 e. The molecule has 0 aliphatic heterocycles. The summed E-state index contributed by atoms with van der Waals surface area (Å²) in [5.74, 6) is -3.39. The normalized spacial score (nSPS) is 12.6. The van der Waals surface area contributed by atoms with E-state index in [-0.39, 0.29) is 46.5 Å². The molecule has 0 saturated heterocycles. The number of ether oxygens (including phenoxy) is 1. The molecule has 0 radical (unpaired) electrons. The first-order valence-corrected chi connectivity index (χ1v) is 13.4. The SMILES string of the molecule is CCN(CC)C(=O)C(OC(=O)C(F)(F)F)n1cc(-c2nc3cc(Cl)c(Cl)cc3n(CCCN)c2=O)c2ccccc21. The molecule has 0 bridgehead atoms. The predicted octanol–water partition coefficient (Wildman–Crippen LogP) is 5.15. The number of aromatic nitrogens is 3. The Kier molecular flexibility index (Phi) is 8.95. The number of fused-ring (bicyclic) bond motifs is 2. The molecule has 41 heavy (non-hydrogen) atoms. The largest absolute Gasteiger partial charge is 0.491 e. The average molecular weight is 612 g/mol. The number of halogens is 5. The second kappa shape index (κ2) is 12.1. The van der Waals surface area contributed by atoms with Crippen molar-refractivity contribution in [2.75, 3.05) is 19.6 Å². The Balaban J connectivity index is 2.01. The number of amides is 1. The highest BCUT2D eigenvalue weighted by Gasteiger charge is 2.44. The Morgan fingerprint density at radius 2 is 1.76 bits per heavy atom. The summed E-state index contributed by atoms with van der Waals surface area (Å²) in [6.45, 7) is 4.12. The van der Waals surface area contributed by atoms with E-state index < -0.39 is 29.8 Å². The van der Waals surface area contributed by atoms with Crippen molar-refractivity contribution in [2.45, 2.75) is 39.2 Å². The zero-order valence-corrected chi connectivity index (χ0v) is 23.6. The Morgan fingerprint density at radius 1 is 1.10 bits per heavy atom. The minimum absolute atomic E-state index is 0.0564. The van der Waals surface area contributed by atoms with E-state index in [2.05, 4.69) is 4.98 Å². The highest BCUT2D eigenvalue weighted by molar-refractivity contribution is 6.42. The molecule has 0 aliphatic rings. The molecule has 0 spiro atoms. The third-order valence-electron chi connectivity index (χ3n) is 6.56. The molecule has 2 aromatic heterocycles. The maximum atomic E-state index is 13.8. The number of hydrogen-bond acceptors (Lipinski definition) is 6. The molecule has 218 valence electrons. The van der Waals surface area contributed by atoms with E-state index in [0.717, 1.165) is 4.57 Å². The molecule has 9 nitrogen and oxygen atoms in total. The van der Waals surface area contributed by atoms with Gasteiger partial charge in [0.25, 0.3) is 17.7 Å². The maximum Gasteiger partial charge on any atom is 0.491 e. The van der Waals surface area contributed by atoms with Crippen LogP contribution < -0.4 is 11.3 Å². The number of para-hydroxylation sites is 1. The molecule has 1 unspecified atom stereocenters. The van der Waals surface area contributed by atoms with E-state index in [1.165, 1.54) is 33.9 Å². The second-order valence-corrected chi connectivity index (χ2v) is 9.86. The lowest BCUT2D eigenvalue weighted by Crippen LogP contribution is -2.41. The van der Waals surface area contributed by atoms with Crippen molar-refractivity contribution in [3.05, 3.63) is 63.0 Å². The Hall–Kier alpha value is -3.61. The van der Waals surface area contributed by atoms with Crippen molar-refractivity contribution >= 4 is 57.0 Å². The van der Waals surface area contributed by atoms with Gasteiger partial charge in [-0.1, -0.05) is 41.4 Å². The fraction of sp³-hybridized carbons (Fsp3) is 0.333. The topological polar surface area (TPSA) is 112 Å². The molecule has 2 aromatic carbocycles. The van der Waals surface area contributed by atoms with Gasteiger partial charge in [0.2, 0.25) is 0 Å². The molecular weight excluding hydrogens is 586 g/mol. The summed E-state index contributed by atoms with van der Waals surface area (Å²) >= 11 is 12.4. The highest BCUT2D eigenvalue weighted by Crippen LogP contribution is 2.34. The zero-order valence-electron chi connectivity index (χ0n) is 22.0. The summed E-state index contributed by atoms with van der Waals surface area (Å²) in [6.07, 6.45) is -5.60.